The summed E-state index contributed by atoms with van der Waals surface area (Å²) >= 11 is 0. The first-order chi connectivity index (χ1) is 3.62. The Labute approximate surface area is 135 Å². The zero-order valence-electron chi connectivity index (χ0n) is 8.61. The van der Waals surface area contributed by atoms with Gasteiger partial charge in [-0.15, -0.1) is 84.9 Å². The van der Waals surface area contributed by atoms with Gasteiger partial charge in [0, 0.05) is 0 Å². The monoisotopic (exact) mass is 516 g/mol. The molecule has 0 bridgehead atoms. The van der Waals surface area contributed by atoms with Crippen molar-refractivity contribution < 1.29 is 4.48 Å². The van der Waals surface area contributed by atoms with Crippen LogP contribution in [0.1, 0.15) is 20.3 Å². The molecule has 0 saturated carbocycles. The summed E-state index contributed by atoms with van der Waals surface area (Å²) in [6.45, 7) is 7.01. The molecule has 1 nitrogen and oxygen atoms in total. The van der Waals surface area contributed by atoms with Gasteiger partial charge in [0.15, 0.2) is 0 Å². The zero-order valence-corrected chi connectivity index (χ0v) is 17.2. The minimum absolute atomic E-state index is 0. The van der Waals surface area contributed by atoms with Crippen molar-refractivity contribution in [2.75, 3.05) is 27.2 Å². The van der Waals surface area contributed by atoms with Crippen molar-refractivity contribution in [3.05, 3.63) is 0 Å². The first-order valence-electron chi connectivity index (χ1n) is 3.44. The van der Waals surface area contributed by atoms with Crippen molar-refractivity contribution >= 4 is 84.9 Å². The first kappa shape index (κ1) is 36.2. The van der Waals surface area contributed by atoms with E-state index in [9.17, 15) is 0 Å². The maximum absolute atomic E-state index is 2.27. The second-order valence-corrected chi connectivity index (χ2v) is 2.98. The third-order valence-corrected chi connectivity index (χ3v) is 1.68. The highest BCUT2D eigenvalue weighted by Crippen LogP contribution is 1.95. The number of nitrogens with zero attached hydrogens (tertiary/aromatic N) is 1. The highest BCUT2D eigenvalue weighted by molar-refractivity contribution is 8.93. The largest absolute Gasteiger partial charge is 0.329 e. The quantitative estimate of drug-likeness (QED) is 0.485. The lowest BCUT2D eigenvalue weighted by Gasteiger charge is -2.27. The maximum atomic E-state index is 2.27. The lowest BCUT2D eigenvalue weighted by atomic mass is 10.4. The van der Waals surface area contributed by atoms with Crippen molar-refractivity contribution in [3.63, 3.8) is 0 Å². The molecule has 0 aliphatic heterocycles. The second-order valence-electron chi connectivity index (χ2n) is 2.98. The van der Waals surface area contributed by atoms with Gasteiger partial charge >= 0.3 is 0 Å². The Morgan fingerprint density at radius 1 is 0.769 bits per heavy atom. The Hall–Kier alpha value is 2.36. The molecule has 0 N–H and O–H groups in total. The predicted octanol–water partition coefficient (Wildman–Crippen LogP) is 4.38. The fraction of sp³-hybridized carbons (Fsp3) is 1.00. The Balaban J connectivity index is -0.0000000245. The summed E-state index contributed by atoms with van der Waals surface area (Å²) in [6.07, 6.45) is 1.29. The van der Waals surface area contributed by atoms with Crippen molar-refractivity contribution in [2.45, 2.75) is 20.3 Å². The third-order valence-electron chi connectivity index (χ3n) is 1.68. The molecule has 0 rings (SSSR count). The summed E-state index contributed by atoms with van der Waals surface area (Å²) in [5.41, 5.74) is 0. The van der Waals surface area contributed by atoms with Crippen molar-refractivity contribution in [1.29, 1.82) is 0 Å². The first-order valence-corrected chi connectivity index (χ1v) is 3.44. The summed E-state index contributed by atoms with van der Waals surface area (Å²) in [5, 5.41) is 0. The van der Waals surface area contributed by atoms with Gasteiger partial charge in [0.2, 0.25) is 0 Å². The van der Waals surface area contributed by atoms with Gasteiger partial charge in [0.05, 0.1) is 27.2 Å². The van der Waals surface area contributed by atoms with Gasteiger partial charge in [-0.25, -0.2) is 0 Å². The van der Waals surface area contributed by atoms with E-state index in [0.717, 1.165) is 4.48 Å². The molecule has 0 unspecified atom stereocenters. The van der Waals surface area contributed by atoms with Crippen LogP contribution >= 0.6 is 84.9 Å². The summed E-state index contributed by atoms with van der Waals surface area (Å²) in [6, 6.07) is 0. The number of hydrogen-bond donors (Lipinski definition) is 0. The molecule has 0 radical (unpaired) electrons. The smallest absolute Gasteiger partial charge is 0.0779 e. The van der Waals surface area contributed by atoms with Crippen LogP contribution in [0.25, 0.3) is 0 Å². The highest BCUT2D eigenvalue weighted by Gasteiger charge is 2.07. The van der Waals surface area contributed by atoms with Gasteiger partial charge in [0.25, 0.3) is 0 Å². The summed E-state index contributed by atoms with van der Waals surface area (Å²) in [7, 11) is 4.53. The molecule has 0 aromatic carbocycles. The number of hydrogen-bond acceptors (Lipinski definition) is 0. The van der Waals surface area contributed by atoms with E-state index >= 15 is 0 Å². The maximum Gasteiger partial charge on any atom is 0.0779 e. The van der Waals surface area contributed by atoms with E-state index in [1.165, 1.54) is 19.5 Å². The molecule has 0 heterocycles. The van der Waals surface area contributed by atoms with Crippen LogP contribution < -0.4 is 0 Å². The molecule has 0 aliphatic carbocycles. The minimum Gasteiger partial charge on any atom is -0.329 e. The second kappa shape index (κ2) is 19.9. The average molecular weight is 521 g/mol. The van der Waals surface area contributed by atoms with E-state index in [4.69, 9.17) is 0 Å². The summed E-state index contributed by atoms with van der Waals surface area (Å²) in [5.74, 6) is 0. The third kappa shape index (κ3) is 25.0. The van der Waals surface area contributed by atoms with Crippen LogP contribution in [0.4, 0.5) is 0 Å². The molecular weight excluding hydrogens is 498 g/mol. The van der Waals surface area contributed by atoms with E-state index in [2.05, 4.69) is 27.9 Å². The van der Waals surface area contributed by atoms with Gasteiger partial charge in [-0.05, 0) is 13.3 Å². The Bertz CT molecular complexity index is 69.9. The van der Waals surface area contributed by atoms with Crippen LogP contribution in [0.15, 0.2) is 0 Å². The van der Waals surface area contributed by atoms with Crippen molar-refractivity contribution in [3.8, 4) is 0 Å². The van der Waals surface area contributed by atoms with Gasteiger partial charge < -0.3 is 4.48 Å². The standard InChI is InChI=1S/C7H18N.5BrH/c1-5-7-8(3,4)6-2;;;;;/h5-7H2,1-4H3;5*1H/q+1;;;;;. The molecule has 0 saturated heterocycles. The molecule has 0 spiro atoms. The fourth-order valence-corrected chi connectivity index (χ4v) is 0.763. The Morgan fingerprint density at radius 2 is 1.08 bits per heavy atom. The van der Waals surface area contributed by atoms with Crippen LogP contribution in [0.3, 0.4) is 0 Å². The van der Waals surface area contributed by atoms with E-state index < -0.39 is 0 Å². The lowest BCUT2D eigenvalue weighted by molar-refractivity contribution is -0.888. The van der Waals surface area contributed by atoms with Crippen LogP contribution in [-0.2, 0) is 0 Å². The Kier molecular flexibility index (Phi) is 55.2. The average Bonchev–Trinajstić information content (AvgIpc) is 1.67. The Morgan fingerprint density at radius 3 is 1.15 bits per heavy atom. The van der Waals surface area contributed by atoms with Crippen molar-refractivity contribution in [1.82, 2.24) is 0 Å². The predicted molar refractivity (Wildman–Crippen MR) is 89.4 cm³/mol. The number of quaternary nitrogens is 1. The van der Waals surface area contributed by atoms with E-state index in [1.807, 2.05) is 0 Å². The highest BCUT2D eigenvalue weighted by atomic mass is 79.9. The van der Waals surface area contributed by atoms with Gasteiger partial charge in [-0.1, -0.05) is 6.92 Å². The summed E-state index contributed by atoms with van der Waals surface area (Å²) in [4.78, 5) is 0. The van der Waals surface area contributed by atoms with E-state index in [1.54, 1.807) is 0 Å². The van der Waals surface area contributed by atoms with Crippen molar-refractivity contribution in [2.24, 2.45) is 0 Å². The molecule has 0 amide bonds. The topological polar surface area (TPSA) is 0 Å². The zero-order chi connectivity index (χ0) is 6.62. The number of rotatable bonds is 3. The molecule has 0 fully saturated rings. The molecule has 6 heteroatoms. The van der Waals surface area contributed by atoms with Crippen LogP contribution in [0.5, 0.6) is 0 Å². The molecule has 13 heavy (non-hydrogen) atoms. The number of halogens is 5. The molecule has 0 aromatic heterocycles. The van der Waals surface area contributed by atoms with E-state index in [-0.39, 0.29) is 84.9 Å². The molecule has 0 atom stereocenters. The van der Waals surface area contributed by atoms with Gasteiger partial charge in [0.1, 0.15) is 0 Å². The normalized spacial score (nSPS) is 7.38. The minimum atomic E-state index is 0. The van der Waals surface area contributed by atoms with E-state index in [0.29, 0.717) is 0 Å². The van der Waals surface area contributed by atoms with Crippen LogP contribution in [0, 0.1) is 0 Å². The molecule has 0 aromatic rings. The van der Waals surface area contributed by atoms with Crippen LogP contribution in [0.2, 0.25) is 0 Å². The SMILES string of the molecule is Br.Br.Br.Br.Br.CCC[N+](C)(C)CC. The van der Waals surface area contributed by atoms with Crippen LogP contribution in [-0.4, -0.2) is 31.7 Å². The summed E-state index contributed by atoms with van der Waals surface area (Å²) < 4.78 is 1.16. The molecular formula is C7H23Br5N+. The lowest BCUT2D eigenvalue weighted by Crippen LogP contribution is -2.39. The molecule has 0 aliphatic rings. The molecule has 90 valence electrons. The fourth-order valence-electron chi connectivity index (χ4n) is 0.763. The van der Waals surface area contributed by atoms with Gasteiger partial charge in [-0.2, -0.15) is 0 Å². The van der Waals surface area contributed by atoms with Gasteiger partial charge in [-0.3, -0.25) is 0 Å².